The molecule has 0 bridgehead atoms. The molecule has 0 heterocycles. The largest absolute Gasteiger partial charge is 0.396 e. The molecule has 0 aliphatic heterocycles. The normalized spacial score (nSPS) is 68.5. The van der Waals surface area contributed by atoms with Crippen LogP contribution in [-0.2, 0) is 0 Å². The summed E-state index contributed by atoms with van der Waals surface area (Å²) < 4.78 is 0. The van der Waals surface area contributed by atoms with E-state index in [-0.39, 0.29) is 25.4 Å². The standard InChI is InChI=1S/C20H30O4/c21-5-9-13-7-1-3-11(23)15(7)17-10(6-22)14-8-2-4-12(24)16(8)18(9)20(14)19(13)17/h7-24H,1-6H2/t7-,8-,9+,10+,11-,12-,13-,14-,15+,16+,17-,18+,19+,20-/m0/s1. The lowest BCUT2D eigenvalue weighted by Crippen LogP contribution is -2.35. The molecule has 0 unspecified atom stereocenters. The Hall–Kier alpha value is -0.160. The van der Waals surface area contributed by atoms with Crippen molar-refractivity contribution in [2.45, 2.75) is 37.9 Å². The molecule has 0 saturated heterocycles. The first-order valence-corrected chi connectivity index (χ1v) is 10.3. The predicted octanol–water partition coefficient (Wildman–Crippen LogP) is 0.729. The molecule has 24 heavy (non-hydrogen) atoms. The number of fused-ring (bicyclic) bond motifs is 6. The lowest BCUT2D eigenvalue weighted by molar-refractivity contribution is 0.0234. The maximum atomic E-state index is 10.7. The van der Waals surface area contributed by atoms with E-state index in [1.54, 1.807) is 0 Å². The fraction of sp³-hybridized carbons (Fsp3) is 1.00. The molecule has 6 aliphatic rings. The van der Waals surface area contributed by atoms with Crippen LogP contribution in [0.25, 0.3) is 0 Å². The molecular formula is C20H30O4. The third-order valence-corrected chi connectivity index (χ3v) is 9.97. The SMILES string of the molecule is OC[C@@H]1[C@@H]2[C@@H]3CC[C@H](O)[C@@H]3[C@H]3[C@H](CO)[C@@H]4[C@@H]5CC[C@H](O)[C@@H]5[C@H]1[C@@H]4[C@@H]23. The molecule has 134 valence electrons. The predicted molar refractivity (Wildman–Crippen MR) is 86.5 cm³/mol. The quantitative estimate of drug-likeness (QED) is 0.600. The Morgan fingerprint density at radius 3 is 1.29 bits per heavy atom. The van der Waals surface area contributed by atoms with Crippen molar-refractivity contribution < 1.29 is 20.4 Å². The number of hydrogen-bond donors (Lipinski definition) is 4. The van der Waals surface area contributed by atoms with Crippen LogP contribution in [0.4, 0.5) is 0 Å². The Kier molecular flexibility index (Phi) is 2.97. The van der Waals surface area contributed by atoms with Gasteiger partial charge in [-0.3, -0.25) is 0 Å². The van der Waals surface area contributed by atoms with Gasteiger partial charge in [-0.15, -0.1) is 0 Å². The summed E-state index contributed by atoms with van der Waals surface area (Å²) in [5.74, 6) is 5.66. The maximum absolute atomic E-state index is 10.7. The van der Waals surface area contributed by atoms with Gasteiger partial charge in [0, 0.05) is 13.2 Å². The summed E-state index contributed by atoms with van der Waals surface area (Å²) in [6.07, 6.45) is 3.61. The summed E-state index contributed by atoms with van der Waals surface area (Å²) in [6, 6.07) is 0. The molecule has 4 nitrogen and oxygen atoms in total. The first kappa shape index (κ1) is 15.0. The summed E-state index contributed by atoms with van der Waals surface area (Å²) in [5.41, 5.74) is 0. The Labute approximate surface area is 143 Å². The average molecular weight is 334 g/mol. The Balaban J connectivity index is 1.50. The molecule has 0 aromatic heterocycles. The minimum Gasteiger partial charge on any atom is -0.396 e. The highest BCUT2D eigenvalue weighted by atomic mass is 16.3. The van der Waals surface area contributed by atoms with E-state index < -0.39 is 0 Å². The van der Waals surface area contributed by atoms with Crippen molar-refractivity contribution in [3.05, 3.63) is 0 Å². The first-order chi connectivity index (χ1) is 11.7. The van der Waals surface area contributed by atoms with Crippen molar-refractivity contribution in [3.63, 3.8) is 0 Å². The minimum absolute atomic E-state index is 0.193. The van der Waals surface area contributed by atoms with Gasteiger partial charge >= 0.3 is 0 Å². The summed E-state index contributed by atoms with van der Waals surface area (Å²) in [7, 11) is 0. The number of hydrogen-bond acceptors (Lipinski definition) is 4. The van der Waals surface area contributed by atoms with Crippen molar-refractivity contribution in [1.29, 1.82) is 0 Å². The zero-order chi connectivity index (χ0) is 16.3. The van der Waals surface area contributed by atoms with E-state index in [4.69, 9.17) is 0 Å². The van der Waals surface area contributed by atoms with Gasteiger partial charge in [-0.05, 0) is 96.7 Å². The van der Waals surface area contributed by atoms with Crippen molar-refractivity contribution in [3.8, 4) is 0 Å². The molecule has 6 aliphatic carbocycles. The minimum atomic E-state index is -0.193. The molecule has 6 rings (SSSR count). The number of aliphatic hydroxyl groups excluding tert-OH is 4. The maximum Gasteiger partial charge on any atom is 0.0574 e. The molecule has 6 fully saturated rings. The second-order valence-corrected chi connectivity index (χ2v) is 9.93. The highest BCUT2D eigenvalue weighted by Gasteiger charge is 2.77. The lowest BCUT2D eigenvalue weighted by atomic mass is 9.72. The molecule has 4 heteroatoms. The van der Waals surface area contributed by atoms with Gasteiger partial charge in [0.05, 0.1) is 12.2 Å². The zero-order valence-electron chi connectivity index (χ0n) is 14.1. The molecule has 0 aromatic carbocycles. The molecule has 0 radical (unpaired) electrons. The molecule has 0 spiro atoms. The second-order valence-electron chi connectivity index (χ2n) is 9.93. The Bertz CT molecular complexity index is 504. The molecule has 0 aromatic rings. The molecule has 14 atom stereocenters. The van der Waals surface area contributed by atoms with Crippen molar-refractivity contribution in [2.75, 3.05) is 13.2 Å². The second kappa shape index (κ2) is 4.76. The highest BCUT2D eigenvalue weighted by Crippen LogP contribution is 2.79. The summed E-state index contributed by atoms with van der Waals surface area (Å²) >= 11 is 0. The van der Waals surface area contributed by atoms with Crippen LogP contribution in [-0.4, -0.2) is 45.8 Å². The van der Waals surface area contributed by atoms with Gasteiger partial charge in [-0.1, -0.05) is 0 Å². The van der Waals surface area contributed by atoms with Crippen LogP contribution in [0.2, 0.25) is 0 Å². The number of aliphatic hydroxyl groups is 4. The average Bonchev–Trinajstić information content (AvgIpc) is 3.32. The van der Waals surface area contributed by atoms with Crippen LogP contribution in [0.1, 0.15) is 25.7 Å². The summed E-state index contributed by atoms with van der Waals surface area (Å²) in [6.45, 7) is 0.502. The van der Waals surface area contributed by atoms with Gasteiger partial charge < -0.3 is 20.4 Å². The van der Waals surface area contributed by atoms with Crippen molar-refractivity contribution in [1.82, 2.24) is 0 Å². The smallest absolute Gasteiger partial charge is 0.0574 e. The van der Waals surface area contributed by atoms with E-state index in [1.807, 2.05) is 0 Å². The van der Waals surface area contributed by atoms with E-state index >= 15 is 0 Å². The fourth-order valence-corrected chi connectivity index (χ4v) is 10.0. The monoisotopic (exact) mass is 334 g/mol. The van der Waals surface area contributed by atoms with Crippen LogP contribution >= 0.6 is 0 Å². The first-order valence-electron chi connectivity index (χ1n) is 10.3. The highest BCUT2D eigenvalue weighted by molar-refractivity contribution is 5.24. The topological polar surface area (TPSA) is 80.9 Å². The zero-order valence-corrected chi connectivity index (χ0v) is 14.1. The van der Waals surface area contributed by atoms with Gasteiger partial charge in [0.2, 0.25) is 0 Å². The van der Waals surface area contributed by atoms with E-state index in [0.29, 0.717) is 71.0 Å². The van der Waals surface area contributed by atoms with Gasteiger partial charge in [-0.2, -0.15) is 0 Å². The van der Waals surface area contributed by atoms with E-state index in [1.165, 1.54) is 0 Å². The third-order valence-electron chi connectivity index (χ3n) is 9.97. The van der Waals surface area contributed by atoms with Crippen molar-refractivity contribution in [2.24, 2.45) is 71.0 Å². The van der Waals surface area contributed by atoms with Crippen LogP contribution in [0, 0.1) is 71.0 Å². The molecular weight excluding hydrogens is 304 g/mol. The summed E-state index contributed by atoms with van der Waals surface area (Å²) in [4.78, 5) is 0. The van der Waals surface area contributed by atoms with Gasteiger partial charge in [0.25, 0.3) is 0 Å². The molecule has 4 N–H and O–H groups in total. The van der Waals surface area contributed by atoms with Crippen molar-refractivity contribution >= 4 is 0 Å². The Morgan fingerprint density at radius 1 is 0.500 bits per heavy atom. The molecule has 0 amide bonds. The van der Waals surface area contributed by atoms with Crippen LogP contribution in [0.5, 0.6) is 0 Å². The van der Waals surface area contributed by atoms with E-state index in [9.17, 15) is 20.4 Å². The fourth-order valence-electron chi connectivity index (χ4n) is 10.0. The summed E-state index contributed by atoms with van der Waals surface area (Å²) in [5, 5.41) is 41.9. The third kappa shape index (κ3) is 1.42. The van der Waals surface area contributed by atoms with Crippen LogP contribution in [0.3, 0.4) is 0 Å². The van der Waals surface area contributed by atoms with E-state index in [2.05, 4.69) is 0 Å². The van der Waals surface area contributed by atoms with Gasteiger partial charge in [0.1, 0.15) is 0 Å². The van der Waals surface area contributed by atoms with Crippen LogP contribution in [0.15, 0.2) is 0 Å². The molecule has 6 saturated carbocycles. The number of rotatable bonds is 2. The Morgan fingerprint density at radius 2 is 0.917 bits per heavy atom. The van der Waals surface area contributed by atoms with Gasteiger partial charge in [0.15, 0.2) is 0 Å². The van der Waals surface area contributed by atoms with E-state index in [0.717, 1.165) is 25.7 Å². The van der Waals surface area contributed by atoms with Crippen LogP contribution < -0.4 is 0 Å². The lowest BCUT2D eigenvalue weighted by Gasteiger charge is -2.34. The van der Waals surface area contributed by atoms with Gasteiger partial charge in [-0.25, -0.2) is 0 Å².